The Balaban J connectivity index is 1.02. The van der Waals surface area contributed by atoms with Crippen LogP contribution in [0.3, 0.4) is 0 Å². The highest BCUT2D eigenvalue weighted by Gasteiger charge is 2.17. The minimum Gasteiger partial charge on any atom is -0.310 e. The molecule has 2 aromatic heterocycles. The molecule has 11 rings (SSSR count). The minimum atomic E-state index is 1.12. The van der Waals surface area contributed by atoms with E-state index in [0.717, 1.165) is 17.1 Å². The fourth-order valence-corrected chi connectivity index (χ4v) is 10.5. The Morgan fingerprint density at radius 1 is 0.291 bits per heavy atom. The Hall–Kier alpha value is -6.52. The fourth-order valence-electron chi connectivity index (χ4n) is 8.14. The van der Waals surface area contributed by atoms with Crippen molar-refractivity contribution in [3.05, 3.63) is 200 Å². The molecule has 0 radical (unpaired) electrons. The summed E-state index contributed by atoms with van der Waals surface area (Å²) in [7, 11) is 0. The van der Waals surface area contributed by atoms with E-state index >= 15 is 0 Å². The Labute approximate surface area is 327 Å². The Kier molecular flexibility index (Phi) is 7.61. The average molecular weight is 736 g/mol. The van der Waals surface area contributed by atoms with Crippen molar-refractivity contribution in [2.75, 3.05) is 4.90 Å². The van der Waals surface area contributed by atoms with E-state index in [4.69, 9.17) is 0 Å². The quantitative estimate of drug-likeness (QED) is 0.164. The van der Waals surface area contributed by atoms with E-state index < -0.39 is 0 Å². The van der Waals surface area contributed by atoms with Crippen molar-refractivity contribution in [1.29, 1.82) is 0 Å². The van der Waals surface area contributed by atoms with Gasteiger partial charge in [-0.05, 0) is 111 Å². The van der Waals surface area contributed by atoms with Crippen molar-refractivity contribution in [2.45, 2.75) is 0 Å². The fraction of sp³-hybridized carbons (Fsp3) is 0. The van der Waals surface area contributed by atoms with Gasteiger partial charge in [0.2, 0.25) is 0 Å². The SMILES string of the molecule is c1cc(-c2cccc(N(c3ccc(-c4ccc5ccccc5c4)cc3)c3ccc4sc5ccccc5c4c3)c2)cc(-c2cccc3c2sc2ccccc23)c1. The Morgan fingerprint density at radius 3 is 1.73 bits per heavy atom. The van der Waals surface area contributed by atoms with Crippen LogP contribution in [0.4, 0.5) is 17.1 Å². The van der Waals surface area contributed by atoms with Gasteiger partial charge in [-0.25, -0.2) is 0 Å². The molecule has 0 bridgehead atoms. The molecule has 0 fully saturated rings. The molecule has 0 saturated carbocycles. The first-order chi connectivity index (χ1) is 27.2. The largest absolute Gasteiger partial charge is 0.310 e. The molecule has 2 heterocycles. The van der Waals surface area contributed by atoms with Crippen LogP contribution < -0.4 is 4.90 Å². The second-order valence-corrected chi connectivity index (χ2v) is 16.3. The van der Waals surface area contributed by atoms with Crippen LogP contribution in [0.5, 0.6) is 0 Å². The van der Waals surface area contributed by atoms with Crippen molar-refractivity contribution in [3.63, 3.8) is 0 Å². The molecule has 258 valence electrons. The van der Waals surface area contributed by atoms with Crippen LogP contribution in [0, 0.1) is 0 Å². The first-order valence-corrected chi connectivity index (χ1v) is 20.3. The minimum absolute atomic E-state index is 1.12. The molecule has 3 heteroatoms. The lowest BCUT2D eigenvalue weighted by Crippen LogP contribution is -2.10. The summed E-state index contributed by atoms with van der Waals surface area (Å²) in [5.41, 5.74) is 10.7. The van der Waals surface area contributed by atoms with Crippen LogP contribution in [0.2, 0.25) is 0 Å². The molecule has 0 unspecified atom stereocenters. The molecule has 0 amide bonds. The standard InChI is InChI=1S/C52H33NS2/c1-2-11-36-30-39(23-22-34(36)10-1)35-24-26-41(27-25-35)53(43-28-29-51-48(33-43)46-17-4-5-20-49(46)54-51)42-15-8-13-38(32-42)37-12-7-14-40(31-37)44-18-9-19-47-45-16-3-6-21-50(45)55-52(44)47/h1-33H. The molecule has 0 atom stereocenters. The van der Waals surface area contributed by atoms with Crippen LogP contribution in [0.15, 0.2) is 200 Å². The molecule has 9 aromatic carbocycles. The van der Waals surface area contributed by atoms with E-state index in [0.29, 0.717) is 0 Å². The highest BCUT2D eigenvalue weighted by Crippen LogP contribution is 2.43. The number of benzene rings is 9. The Bertz CT molecular complexity index is 3220. The number of fused-ring (bicyclic) bond motifs is 7. The summed E-state index contributed by atoms with van der Waals surface area (Å²) >= 11 is 3.74. The summed E-state index contributed by atoms with van der Waals surface area (Å²) in [4.78, 5) is 2.40. The summed E-state index contributed by atoms with van der Waals surface area (Å²) in [6.45, 7) is 0. The molecule has 1 nitrogen and oxygen atoms in total. The number of hydrogen-bond acceptors (Lipinski definition) is 3. The first kappa shape index (κ1) is 32.0. The van der Waals surface area contributed by atoms with Crippen LogP contribution >= 0.6 is 22.7 Å². The van der Waals surface area contributed by atoms with Crippen LogP contribution in [-0.4, -0.2) is 0 Å². The summed E-state index contributed by atoms with van der Waals surface area (Å²) < 4.78 is 5.28. The van der Waals surface area contributed by atoms with Gasteiger partial charge >= 0.3 is 0 Å². The lowest BCUT2D eigenvalue weighted by atomic mass is 9.97. The molecule has 0 N–H and O–H groups in total. The number of anilines is 3. The number of hydrogen-bond donors (Lipinski definition) is 0. The van der Waals surface area contributed by atoms with E-state index in [1.807, 2.05) is 22.7 Å². The van der Waals surface area contributed by atoms with Crippen molar-refractivity contribution in [1.82, 2.24) is 0 Å². The van der Waals surface area contributed by atoms with Crippen molar-refractivity contribution >= 4 is 90.9 Å². The summed E-state index contributed by atoms with van der Waals surface area (Å²) in [6.07, 6.45) is 0. The predicted octanol–water partition coefficient (Wildman–Crippen LogP) is 16.0. The van der Waals surface area contributed by atoms with Gasteiger partial charge in [0.15, 0.2) is 0 Å². The number of nitrogens with zero attached hydrogens (tertiary/aromatic N) is 1. The first-order valence-electron chi connectivity index (χ1n) is 18.7. The molecule has 55 heavy (non-hydrogen) atoms. The maximum absolute atomic E-state index is 2.40. The second kappa shape index (κ2) is 13.1. The van der Waals surface area contributed by atoms with Gasteiger partial charge in [-0.3, -0.25) is 0 Å². The van der Waals surface area contributed by atoms with Gasteiger partial charge in [-0.1, -0.05) is 133 Å². The van der Waals surface area contributed by atoms with E-state index in [9.17, 15) is 0 Å². The van der Waals surface area contributed by atoms with Gasteiger partial charge in [-0.2, -0.15) is 0 Å². The zero-order chi connectivity index (χ0) is 36.3. The van der Waals surface area contributed by atoms with Crippen LogP contribution in [-0.2, 0) is 0 Å². The van der Waals surface area contributed by atoms with Gasteiger partial charge in [0.1, 0.15) is 0 Å². The van der Waals surface area contributed by atoms with Gasteiger partial charge in [0, 0.05) is 57.4 Å². The molecule has 11 aromatic rings. The van der Waals surface area contributed by atoms with Crippen molar-refractivity contribution in [3.8, 4) is 33.4 Å². The third-order valence-corrected chi connectivity index (χ3v) is 13.2. The van der Waals surface area contributed by atoms with Crippen molar-refractivity contribution in [2.24, 2.45) is 0 Å². The lowest BCUT2D eigenvalue weighted by molar-refractivity contribution is 1.29. The summed E-state index contributed by atoms with van der Waals surface area (Å²) in [5.74, 6) is 0. The topological polar surface area (TPSA) is 3.24 Å². The molecule has 0 aliphatic carbocycles. The van der Waals surface area contributed by atoms with Gasteiger partial charge in [0.25, 0.3) is 0 Å². The summed E-state index contributed by atoms with van der Waals surface area (Å²) in [6, 6.07) is 73.5. The van der Waals surface area contributed by atoms with E-state index in [2.05, 4.69) is 205 Å². The maximum Gasteiger partial charge on any atom is 0.0468 e. The zero-order valence-corrected chi connectivity index (χ0v) is 31.4. The van der Waals surface area contributed by atoms with E-state index in [1.165, 1.54) is 84.5 Å². The Morgan fingerprint density at radius 2 is 0.873 bits per heavy atom. The highest BCUT2D eigenvalue weighted by molar-refractivity contribution is 7.26. The van der Waals surface area contributed by atoms with Crippen LogP contribution in [0.1, 0.15) is 0 Å². The van der Waals surface area contributed by atoms with Gasteiger partial charge in [-0.15, -0.1) is 22.7 Å². The third kappa shape index (κ3) is 5.60. The van der Waals surface area contributed by atoms with Crippen LogP contribution in [0.25, 0.3) is 84.5 Å². The van der Waals surface area contributed by atoms with Gasteiger partial charge in [0.05, 0.1) is 0 Å². The molecule has 0 spiro atoms. The monoisotopic (exact) mass is 735 g/mol. The average Bonchev–Trinajstić information content (AvgIpc) is 3.82. The van der Waals surface area contributed by atoms with E-state index in [1.54, 1.807) is 0 Å². The van der Waals surface area contributed by atoms with Gasteiger partial charge < -0.3 is 4.90 Å². The van der Waals surface area contributed by atoms with E-state index in [-0.39, 0.29) is 0 Å². The van der Waals surface area contributed by atoms with Crippen molar-refractivity contribution < 1.29 is 0 Å². The molecular weight excluding hydrogens is 703 g/mol. The summed E-state index contributed by atoms with van der Waals surface area (Å²) in [5, 5.41) is 7.75. The highest BCUT2D eigenvalue weighted by atomic mass is 32.1. The molecule has 0 saturated heterocycles. The number of rotatable bonds is 6. The predicted molar refractivity (Wildman–Crippen MR) is 241 cm³/mol. The lowest BCUT2D eigenvalue weighted by Gasteiger charge is -2.26. The zero-order valence-electron chi connectivity index (χ0n) is 29.8. The molecule has 0 aliphatic rings. The maximum atomic E-state index is 2.40. The molecular formula is C52H33NS2. The second-order valence-electron chi connectivity index (χ2n) is 14.1. The molecule has 0 aliphatic heterocycles. The normalized spacial score (nSPS) is 11.6. The number of thiophene rings is 2. The third-order valence-electron chi connectivity index (χ3n) is 10.8. The smallest absolute Gasteiger partial charge is 0.0468 e.